The molecule has 11 nitrogen and oxygen atoms in total. The molecule has 1 aliphatic heterocycles. The second-order valence-corrected chi connectivity index (χ2v) is 9.60. The number of hydrogen-bond acceptors (Lipinski definition) is 7. The molecule has 1 fully saturated rings. The molecular weight excluding hydrogens is 524 g/mol. The molecule has 0 spiro atoms. The summed E-state index contributed by atoms with van der Waals surface area (Å²) < 4.78 is 40.7. The van der Waals surface area contributed by atoms with Crippen LogP contribution < -0.4 is 16.4 Å². The Kier molecular flexibility index (Phi) is 7.76. The van der Waals surface area contributed by atoms with Crippen molar-refractivity contribution >= 4 is 11.8 Å². The molecule has 210 valence electrons. The Morgan fingerprint density at radius 3 is 2.58 bits per heavy atom. The van der Waals surface area contributed by atoms with Gasteiger partial charge in [0.2, 0.25) is 0 Å². The van der Waals surface area contributed by atoms with Gasteiger partial charge in [0.15, 0.2) is 17.3 Å². The molecule has 1 saturated heterocycles. The van der Waals surface area contributed by atoms with E-state index in [0.29, 0.717) is 54.6 Å². The highest BCUT2D eigenvalue weighted by atomic mass is 19.2. The van der Waals surface area contributed by atoms with E-state index in [-0.39, 0.29) is 11.8 Å². The maximum absolute atomic E-state index is 14.1. The van der Waals surface area contributed by atoms with Crippen LogP contribution >= 0.6 is 0 Å². The van der Waals surface area contributed by atoms with Crippen LogP contribution in [0.2, 0.25) is 0 Å². The van der Waals surface area contributed by atoms with Crippen molar-refractivity contribution in [1.82, 2.24) is 29.8 Å². The Morgan fingerprint density at radius 1 is 1.12 bits per heavy atom. The minimum absolute atomic E-state index is 0.0196. The zero-order valence-electron chi connectivity index (χ0n) is 22.2. The highest BCUT2D eigenvalue weighted by Gasteiger charge is 2.35. The summed E-state index contributed by atoms with van der Waals surface area (Å²) >= 11 is 0. The normalized spacial score (nSPS) is 17.3. The number of aryl methyl sites for hydroxylation is 1. The van der Waals surface area contributed by atoms with Gasteiger partial charge in [-0.1, -0.05) is 24.3 Å². The number of rotatable bonds is 8. The van der Waals surface area contributed by atoms with Crippen LogP contribution in [0.15, 0.2) is 57.7 Å². The van der Waals surface area contributed by atoms with Crippen LogP contribution in [0.1, 0.15) is 17.0 Å². The summed E-state index contributed by atoms with van der Waals surface area (Å²) in [4.78, 5) is 27.4. The number of halogens is 2. The number of carbonyl (C=O) groups excluding carboxylic acids is 1. The first-order valence-corrected chi connectivity index (χ1v) is 12.7. The number of urea groups is 1. The van der Waals surface area contributed by atoms with Gasteiger partial charge >= 0.3 is 11.8 Å². The van der Waals surface area contributed by atoms with Gasteiger partial charge in [0.25, 0.3) is 5.89 Å². The molecule has 40 heavy (non-hydrogen) atoms. The molecule has 0 saturated carbocycles. The number of anilines is 1. The van der Waals surface area contributed by atoms with Crippen LogP contribution in [0.25, 0.3) is 17.3 Å². The molecule has 0 bridgehead atoms. The first-order valence-electron chi connectivity index (χ1n) is 12.7. The Labute approximate surface area is 228 Å². The lowest BCUT2D eigenvalue weighted by Crippen LogP contribution is -2.42. The smallest absolute Gasteiger partial charge is 0.386 e. The van der Waals surface area contributed by atoms with Gasteiger partial charge in [-0.2, -0.15) is 9.78 Å². The Morgan fingerprint density at radius 2 is 1.90 bits per heavy atom. The average Bonchev–Trinajstić information content (AvgIpc) is 3.60. The van der Waals surface area contributed by atoms with Crippen molar-refractivity contribution in [2.45, 2.75) is 18.9 Å². The number of nitrogens with one attached hydrogen (secondary N) is 2. The number of aromatic nitrogens is 4. The van der Waals surface area contributed by atoms with E-state index in [4.69, 9.17) is 9.15 Å². The molecule has 4 aromatic rings. The van der Waals surface area contributed by atoms with Gasteiger partial charge < -0.3 is 14.5 Å². The standard InChI is InChI=1S/C27H29F2N7O4/c1-16-23(25-33-34(2)27(38)40-25)32-36(18-7-5-4-6-8-18)24(16)31-26(37)30-22-15-35(11-12-39-3)14-19(22)17-9-10-20(28)21(29)13-17/h4-10,13,19,22H,11-12,14-15H2,1-3H3,(H2,30,31,37)/t19-,22+/m0/s1. The Hall–Kier alpha value is -4.36. The summed E-state index contributed by atoms with van der Waals surface area (Å²) in [6, 6.07) is 12.0. The molecule has 2 aromatic carbocycles. The van der Waals surface area contributed by atoms with E-state index in [1.165, 1.54) is 23.9 Å². The van der Waals surface area contributed by atoms with Gasteiger partial charge in [0, 0.05) is 45.3 Å². The summed E-state index contributed by atoms with van der Waals surface area (Å²) in [5.74, 6) is -2.41. The van der Waals surface area contributed by atoms with Crippen LogP contribution in [0.5, 0.6) is 0 Å². The molecule has 1 aliphatic rings. The van der Waals surface area contributed by atoms with Crippen molar-refractivity contribution in [2.75, 3.05) is 38.7 Å². The molecule has 13 heteroatoms. The van der Waals surface area contributed by atoms with Crippen LogP contribution in [0.4, 0.5) is 19.4 Å². The van der Waals surface area contributed by atoms with Crippen LogP contribution in [0, 0.1) is 18.6 Å². The lowest BCUT2D eigenvalue weighted by Gasteiger charge is -2.21. The number of carbonyl (C=O) groups is 1. The minimum Gasteiger partial charge on any atom is -0.386 e. The second kappa shape index (κ2) is 11.4. The van der Waals surface area contributed by atoms with Crippen molar-refractivity contribution in [3.8, 4) is 17.3 Å². The maximum Gasteiger partial charge on any atom is 0.437 e. The topological polar surface area (TPSA) is 119 Å². The number of amides is 2. The fourth-order valence-corrected chi connectivity index (χ4v) is 4.87. The number of nitrogens with zero attached hydrogens (tertiary/aromatic N) is 5. The largest absolute Gasteiger partial charge is 0.437 e. The predicted octanol–water partition coefficient (Wildman–Crippen LogP) is 3.05. The molecule has 5 rings (SSSR count). The van der Waals surface area contributed by atoms with Gasteiger partial charge in [-0.25, -0.2) is 23.1 Å². The number of para-hydroxylation sites is 1. The van der Waals surface area contributed by atoms with E-state index >= 15 is 0 Å². The lowest BCUT2D eigenvalue weighted by molar-refractivity contribution is 0.159. The predicted molar refractivity (Wildman–Crippen MR) is 142 cm³/mol. The molecule has 2 aromatic heterocycles. The lowest BCUT2D eigenvalue weighted by atomic mass is 9.94. The number of benzene rings is 2. The van der Waals surface area contributed by atoms with Crippen molar-refractivity contribution in [1.29, 1.82) is 0 Å². The summed E-state index contributed by atoms with van der Waals surface area (Å²) in [6.45, 7) is 3.86. The fourth-order valence-electron chi connectivity index (χ4n) is 4.87. The van der Waals surface area contributed by atoms with Gasteiger partial charge in [-0.3, -0.25) is 10.2 Å². The van der Waals surface area contributed by atoms with Gasteiger partial charge in [0.05, 0.1) is 18.3 Å². The van der Waals surface area contributed by atoms with E-state index in [9.17, 15) is 18.4 Å². The molecular formula is C27H29F2N7O4. The van der Waals surface area contributed by atoms with Crippen molar-refractivity contribution in [3.05, 3.63) is 81.8 Å². The van der Waals surface area contributed by atoms with E-state index in [1.807, 2.05) is 30.3 Å². The van der Waals surface area contributed by atoms with E-state index in [2.05, 4.69) is 25.7 Å². The van der Waals surface area contributed by atoms with Crippen LogP contribution in [0.3, 0.4) is 0 Å². The van der Waals surface area contributed by atoms with Crippen molar-refractivity contribution in [2.24, 2.45) is 7.05 Å². The Bertz CT molecular complexity index is 1570. The molecule has 2 amide bonds. The number of likely N-dealkylation sites (tertiary alicyclic amines) is 1. The molecule has 3 heterocycles. The third-order valence-electron chi connectivity index (χ3n) is 6.94. The van der Waals surface area contributed by atoms with Crippen LogP contribution in [-0.2, 0) is 11.8 Å². The highest BCUT2D eigenvalue weighted by Crippen LogP contribution is 2.31. The first kappa shape index (κ1) is 27.2. The fraction of sp³-hybridized carbons (Fsp3) is 0.333. The van der Waals surface area contributed by atoms with Crippen molar-refractivity contribution in [3.63, 3.8) is 0 Å². The molecule has 0 unspecified atom stereocenters. The molecule has 0 aliphatic carbocycles. The van der Waals surface area contributed by atoms with E-state index < -0.39 is 29.5 Å². The van der Waals surface area contributed by atoms with E-state index in [0.717, 1.165) is 10.7 Å². The third kappa shape index (κ3) is 5.51. The first-order chi connectivity index (χ1) is 19.2. The highest BCUT2D eigenvalue weighted by molar-refractivity contribution is 5.90. The second-order valence-electron chi connectivity index (χ2n) is 9.60. The average molecular weight is 554 g/mol. The van der Waals surface area contributed by atoms with Gasteiger partial charge in [0.1, 0.15) is 5.82 Å². The number of hydrogen-bond donors (Lipinski definition) is 2. The van der Waals surface area contributed by atoms with Gasteiger partial charge in [-0.05, 0) is 36.8 Å². The quantitative estimate of drug-likeness (QED) is 0.344. The number of methoxy groups -OCH3 is 1. The molecule has 0 radical (unpaired) electrons. The van der Waals surface area contributed by atoms with Crippen LogP contribution in [-0.4, -0.2) is 69.9 Å². The van der Waals surface area contributed by atoms with Gasteiger partial charge in [-0.15, -0.1) is 5.10 Å². The zero-order valence-corrected chi connectivity index (χ0v) is 22.2. The Balaban J connectivity index is 1.43. The van der Waals surface area contributed by atoms with Crippen molar-refractivity contribution < 1.29 is 22.7 Å². The number of ether oxygens (including phenoxy) is 1. The summed E-state index contributed by atoms with van der Waals surface area (Å²) in [5.41, 5.74) is 2.08. The summed E-state index contributed by atoms with van der Waals surface area (Å²) in [7, 11) is 3.07. The molecule has 2 atom stereocenters. The zero-order chi connectivity index (χ0) is 28.4. The monoisotopic (exact) mass is 553 g/mol. The molecule has 2 N–H and O–H groups in total. The van der Waals surface area contributed by atoms with E-state index in [1.54, 1.807) is 14.0 Å². The maximum atomic E-state index is 14.1. The minimum atomic E-state index is -0.938. The SMILES string of the molecule is COCCN1C[C@@H](NC(=O)Nc2c(C)c(-c3nn(C)c(=O)o3)nn2-c2ccccc2)[C@H](c2ccc(F)c(F)c2)C1. The summed E-state index contributed by atoms with van der Waals surface area (Å²) in [5, 5.41) is 14.6. The third-order valence-corrected chi connectivity index (χ3v) is 6.94. The summed E-state index contributed by atoms with van der Waals surface area (Å²) in [6.07, 6.45) is 0.